The predicted molar refractivity (Wildman–Crippen MR) is 82.3 cm³/mol. The Bertz CT molecular complexity index is 816. The molecule has 23 heavy (non-hydrogen) atoms. The Hall–Kier alpha value is -2.73. The zero-order valence-electron chi connectivity index (χ0n) is 11.8. The largest absolute Gasteiger partial charge is 0.344 e. The summed E-state index contributed by atoms with van der Waals surface area (Å²) >= 11 is 5.81. The van der Waals surface area contributed by atoms with Gasteiger partial charge in [-0.3, -0.25) is 4.79 Å². The fourth-order valence-corrected chi connectivity index (χ4v) is 2.02. The molecule has 0 saturated heterocycles. The smallest absolute Gasteiger partial charge is 0.316 e. The van der Waals surface area contributed by atoms with Crippen LogP contribution in [0.4, 0.5) is 4.39 Å². The van der Waals surface area contributed by atoms with Crippen molar-refractivity contribution >= 4 is 17.5 Å². The number of carbonyl (C=O) groups is 1. The summed E-state index contributed by atoms with van der Waals surface area (Å²) in [4.78, 5) is 16.0. The molecule has 116 valence electrons. The highest BCUT2D eigenvalue weighted by atomic mass is 35.5. The summed E-state index contributed by atoms with van der Waals surface area (Å²) in [5.74, 6) is -0.669. The first-order valence-corrected chi connectivity index (χ1v) is 7.12. The molecule has 0 spiro atoms. The van der Waals surface area contributed by atoms with Crippen LogP contribution in [0.2, 0.25) is 5.02 Å². The predicted octanol–water partition coefficient (Wildman–Crippen LogP) is 3.46. The number of aromatic nitrogens is 2. The van der Waals surface area contributed by atoms with Gasteiger partial charge in [0.25, 0.3) is 0 Å². The Kier molecular flexibility index (Phi) is 4.34. The Labute approximate surface area is 136 Å². The molecule has 1 heterocycles. The molecule has 3 aromatic rings. The van der Waals surface area contributed by atoms with Gasteiger partial charge in [0, 0.05) is 17.1 Å². The molecule has 0 bridgehead atoms. The monoisotopic (exact) mass is 331 g/mol. The second kappa shape index (κ2) is 6.58. The normalized spacial score (nSPS) is 10.5. The molecular weight excluding hydrogens is 321 g/mol. The topological polar surface area (TPSA) is 68.0 Å². The van der Waals surface area contributed by atoms with E-state index in [0.717, 1.165) is 5.56 Å². The second-order valence-corrected chi connectivity index (χ2v) is 5.18. The summed E-state index contributed by atoms with van der Waals surface area (Å²) in [5, 5.41) is 6.99. The molecule has 1 N–H and O–H groups in total. The van der Waals surface area contributed by atoms with Gasteiger partial charge in [0.05, 0.1) is 0 Å². The zero-order valence-corrected chi connectivity index (χ0v) is 12.5. The highest BCUT2D eigenvalue weighted by molar-refractivity contribution is 6.30. The van der Waals surface area contributed by atoms with Crippen LogP contribution in [0.15, 0.2) is 53.1 Å². The minimum absolute atomic E-state index is 0.142. The van der Waals surface area contributed by atoms with Crippen LogP contribution in [0.5, 0.6) is 0 Å². The quantitative estimate of drug-likeness (QED) is 0.795. The molecule has 0 radical (unpaired) electrons. The van der Waals surface area contributed by atoms with Gasteiger partial charge in [-0.25, -0.2) is 4.39 Å². The molecular formula is C16H11ClFN3O2. The molecule has 0 fully saturated rings. The molecule has 1 amide bonds. The lowest BCUT2D eigenvalue weighted by Crippen LogP contribution is -2.23. The summed E-state index contributed by atoms with van der Waals surface area (Å²) in [6.45, 7) is 0.234. The number of nitrogens with zero attached hydrogens (tertiary/aromatic N) is 2. The van der Waals surface area contributed by atoms with Gasteiger partial charge in [0.1, 0.15) is 5.82 Å². The number of amides is 1. The number of hydrogen-bond acceptors (Lipinski definition) is 4. The van der Waals surface area contributed by atoms with E-state index in [4.69, 9.17) is 16.1 Å². The van der Waals surface area contributed by atoms with E-state index in [1.165, 1.54) is 12.1 Å². The molecule has 7 heteroatoms. The van der Waals surface area contributed by atoms with Gasteiger partial charge in [0.2, 0.25) is 5.82 Å². The lowest BCUT2D eigenvalue weighted by atomic mass is 10.2. The van der Waals surface area contributed by atoms with Gasteiger partial charge >= 0.3 is 11.8 Å². The molecule has 0 unspecified atom stereocenters. The highest BCUT2D eigenvalue weighted by Gasteiger charge is 2.15. The Morgan fingerprint density at radius 3 is 2.52 bits per heavy atom. The maximum Gasteiger partial charge on any atom is 0.316 e. The van der Waals surface area contributed by atoms with Crippen LogP contribution in [-0.4, -0.2) is 16.0 Å². The average Bonchev–Trinajstić information content (AvgIpc) is 3.05. The van der Waals surface area contributed by atoms with Gasteiger partial charge in [-0.15, -0.1) is 0 Å². The molecule has 0 saturated carbocycles. The van der Waals surface area contributed by atoms with Gasteiger partial charge < -0.3 is 9.84 Å². The first kappa shape index (κ1) is 15.2. The van der Waals surface area contributed by atoms with E-state index in [9.17, 15) is 9.18 Å². The van der Waals surface area contributed by atoms with Crippen molar-refractivity contribution in [2.45, 2.75) is 6.54 Å². The molecule has 0 aliphatic carbocycles. The molecule has 0 aliphatic heterocycles. The molecule has 2 aromatic carbocycles. The Balaban J connectivity index is 1.66. The summed E-state index contributed by atoms with van der Waals surface area (Å²) in [6, 6.07) is 12.7. The lowest BCUT2D eigenvalue weighted by Gasteiger charge is -2.01. The van der Waals surface area contributed by atoms with Crippen molar-refractivity contribution in [3.63, 3.8) is 0 Å². The number of carbonyl (C=O) groups excluding carboxylic acids is 1. The van der Waals surface area contributed by atoms with Crippen LogP contribution in [0.1, 0.15) is 16.2 Å². The van der Waals surface area contributed by atoms with Crippen molar-refractivity contribution in [3.8, 4) is 11.4 Å². The van der Waals surface area contributed by atoms with Gasteiger partial charge in [-0.05, 0) is 42.0 Å². The van der Waals surface area contributed by atoms with Crippen LogP contribution >= 0.6 is 11.6 Å². The van der Waals surface area contributed by atoms with Gasteiger partial charge in [-0.2, -0.15) is 4.98 Å². The summed E-state index contributed by atoms with van der Waals surface area (Å²) in [6.07, 6.45) is 0. The standard InChI is InChI=1S/C16H11ClFN3O2/c17-12-5-3-11(4-6-12)14-20-16(23-21-14)15(22)19-9-10-1-7-13(18)8-2-10/h1-8H,9H2,(H,19,22). The lowest BCUT2D eigenvalue weighted by molar-refractivity contribution is 0.0907. The van der Waals surface area contributed by atoms with E-state index in [2.05, 4.69) is 15.5 Å². The molecule has 3 rings (SSSR count). The number of benzene rings is 2. The van der Waals surface area contributed by atoms with Crippen molar-refractivity contribution in [2.24, 2.45) is 0 Å². The Morgan fingerprint density at radius 2 is 1.83 bits per heavy atom. The average molecular weight is 332 g/mol. The van der Waals surface area contributed by atoms with E-state index in [1.807, 2.05) is 0 Å². The first-order chi connectivity index (χ1) is 11.1. The maximum absolute atomic E-state index is 12.8. The van der Waals surface area contributed by atoms with E-state index in [0.29, 0.717) is 16.4 Å². The van der Waals surface area contributed by atoms with Gasteiger partial charge in [-0.1, -0.05) is 28.9 Å². The summed E-state index contributed by atoms with van der Waals surface area (Å²) in [5.41, 5.74) is 1.45. The number of halogens is 2. The van der Waals surface area contributed by atoms with E-state index < -0.39 is 5.91 Å². The van der Waals surface area contributed by atoms with E-state index in [1.54, 1.807) is 36.4 Å². The third kappa shape index (κ3) is 3.73. The SMILES string of the molecule is O=C(NCc1ccc(F)cc1)c1nc(-c2ccc(Cl)cc2)no1. The van der Waals surface area contributed by atoms with E-state index >= 15 is 0 Å². The van der Waals surface area contributed by atoms with Crippen LogP contribution in [0.3, 0.4) is 0 Å². The second-order valence-electron chi connectivity index (χ2n) is 4.74. The van der Waals surface area contributed by atoms with Crippen LogP contribution < -0.4 is 5.32 Å². The number of hydrogen-bond donors (Lipinski definition) is 1. The minimum atomic E-state index is -0.498. The number of nitrogens with one attached hydrogen (secondary N) is 1. The molecule has 5 nitrogen and oxygen atoms in total. The third-order valence-corrected chi connectivity index (χ3v) is 3.34. The van der Waals surface area contributed by atoms with E-state index in [-0.39, 0.29) is 18.3 Å². The molecule has 0 atom stereocenters. The van der Waals surface area contributed by atoms with Crippen LogP contribution in [0, 0.1) is 5.82 Å². The Morgan fingerprint density at radius 1 is 1.13 bits per heavy atom. The zero-order chi connectivity index (χ0) is 16.2. The summed E-state index contributed by atoms with van der Waals surface area (Å²) < 4.78 is 17.8. The fourth-order valence-electron chi connectivity index (χ4n) is 1.89. The minimum Gasteiger partial charge on any atom is -0.344 e. The van der Waals surface area contributed by atoms with Crippen molar-refractivity contribution in [2.75, 3.05) is 0 Å². The fraction of sp³-hybridized carbons (Fsp3) is 0.0625. The summed E-state index contributed by atoms with van der Waals surface area (Å²) in [7, 11) is 0. The van der Waals surface area contributed by atoms with Crippen LogP contribution in [0.25, 0.3) is 11.4 Å². The maximum atomic E-state index is 12.8. The molecule has 1 aromatic heterocycles. The van der Waals surface area contributed by atoms with Gasteiger partial charge in [0.15, 0.2) is 0 Å². The third-order valence-electron chi connectivity index (χ3n) is 3.09. The van der Waals surface area contributed by atoms with Crippen molar-refractivity contribution in [3.05, 3.63) is 70.8 Å². The first-order valence-electron chi connectivity index (χ1n) is 6.74. The van der Waals surface area contributed by atoms with Crippen molar-refractivity contribution < 1.29 is 13.7 Å². The van der Waals surface area contributed by atoms with Crippen LogP contribution in [-0.2, 0) is 6.54 Å². The van der Waals surface area contributed by atoms with Crippen molar-refractivity contribution in [1.29, 1.82) is 0 Å². The highest BCUT2D eigenvalue weighted by Crippen LogP contribution is 2.18. The van der Waals surface area contributed by atoms with Crippen molar-refractivity contribution in [1.82, 2.24) is 15.5 Å². The number of rotatable bonds is 4. The molecule has 0 aliphatic rings.